The molecule has 1 aromatic heterocycles. The predicted octanol–water partition coefficient (Wildman–Crippen LogP) is 8.03. The molecule has 0 fully saturated rings. The van der Waals surface area contributed by atoms with Gasteiger partial charge in [0, 0.05) is 10.4 Å². The standard InChI is InChI=1S/C28H33F3N2O2S/c1-7-10-11-16-33(23(9-3)20(8-2)17-27(5,6)26(34)35)18-24-19(4)32-25(36-24)21-12-14-22(15-13-21)28(29,30)31/h7-9,11-16,23H,1,3,10,17-18H2,2,4-6H3,(H,34,35)/b16-11-,20-8-. The number of aromatic nitrogens is 1. The second kappa shape index (κ2) is 12.2. The summed E-state index contributed by atoms with van der Waals surface area (Å²) in [5.74, 6) is -0.877. The number of thiazole rings is 1. The Hall–Kier alpha value is -3.13. The summed E-state index contributed by atoms with van der Waals surface area (Å²) in [4.78, 5) is 19.4. The minimum Gasteiger partial charge on any atom is -0.481 e. The van der Waals surface area contributed by atoms with E-state index in [2.05, 4.69) is 23.0 Å². The highest BCUT2D eigenvalue weighted by Crippen LogP contribution is 2.35. The lowest BCUT2D eigenvalue weighted by Gasteiger charge is -2.33. The first-order chi connectivity index (χ1) is 16.8. The monoisotopic (exact) mass is 518 g/mol. The molecule has 0 aliphatic rings. The van der Waals surface area contributed by atoms with Crippen molar-refractivity contribution in [2.45, 2.75) is 59.3 Å². The van der Waals surface area contributed by atoms with Gasteiger partial charge in [0.05, 0.1) is 29.3 Å². The van der Waals surface area contributed by atoms with Gasteiger partial charge in [-0.05, 0) is 64.4 Å². The van der Waals surface area contributed by atoms with Crippen LogP contribution in [0.2, 0.25) is 0 Å². The predicted molar refractivity (Wildman–Crippen MR) is 141 cm³/mol. The lowest BCUT2D eigenvalue weighted by Crippen LogP contribution is -2.34. The quantitative estimate of drug-likeness (QED) is 0.289. The summed E-state index contributed by atoms with van der Waals surface area (Å²) >= 11 is 1.42. The van der Waals surface area contributed by atoms with Gasteiger partial charge in [0.2, 0.25) is 0 Å². The molecule has 0 radical (unpaired) electrons. The highest BCUT2D eigenvalue weighted by Gasteiger charge is 2.32. The normalized spacial score (nSPS) is 13.6. The minimum absolute atomic E-state index is 0.259. The first-order valence-corrected chi connectivity index (χ1v) is 12.3. The SMILES string of the molecule is C=CC/C=C\N(Cc1sc(-c2ccc(C(F)(F)F)cc2)nc1C)C(C=C)/C(=C\C)CC(C)(C)C(=O)O. The van der Waals surface area contributed by atoms with Gasteiger partial charge in [-0.15, -0.1) is 24.5 Å². The van der Waals surface area contributed by atoms with Gasteiger partial charge < -0.3 is 10.0 Å². The number of aryl methyl sites for hydroxylation is 1. The van der Waals surface area contributed by atoms with E-state index in [9.17, 15) is 23.1 Å². The Balaban J connectivity index is 2.39. The molecule has 1 unspecified atom stereocenters. The number of halogens is 3. The van der Waals surface area contributed by atoms with Crippen LogP contribution in [-0.4, -0.2) is 27.0 Å². The fraction of sp³-hybridized carbons (Fsp3) is 0.357. The largest absolute Gasteiger partial charge is 0.481 e. The average Bonchev–Trinajstić information content (AvgIpc) is 3.18. The van der Waals surface area contributed by atoms with Gasteiger partial charge in [0.25, 0.3) is 0 Å². The molecule has 1 aromatic carbocycles. The lowest BCUT2D eigenvalue weighted by molar-refractivity contribution is -0.146. The first-order valence-electron chi connectivity index (χ1n) is 11.5. The van der Waals surface area contributed by atoms with Crippen LogP contribution in [0.5, 0.6) is 0 Å². The van der Waals surface area contributed by atoms with Gasteiger partial charge in [0.1, 0.15) is 5.01 Å². The number of alkyl halides is 3. The van der Waals surface area contributed by atoms with E-state index in [1.54, 1.807) is 26.0 Å². The van der Waals surface area contributed by atoms with Crippen molar-refractivity contribution >= 4 is 17.3 Å². The second-order valence-electron chi connectivity index (χ2n) is 9.09. The Morgan fingerprint density at radius 3 is 2.36 bits per heavy atom. The number of aliphatic carboxylic acids is 1. The van der Waals surface area contributed by atoms with E-state index in [0.717, 1.165) is 28.3 Å². The molecular formula is C28H33F3N2O2S. The third-order valence-corrected chi connectivity index (χ3v) is 7.03. The summed E-state index contributed by atoms with van der Waals surface area (Å²) < 4.78 is 38.8. The summed E-state index contributed by atoms with van der Waals surface area (Å²) in [6, 6.07) is 4.74. The molecule has 1 N–H and O–H groups in total. The summed E-state index contributed by atoms with van der Waals surface area (Å²) in [6.07, 6.45) is 6.03. The van der Waals surface area contributed by atoms with E-state index in [-0.39, 0.29) is 6.04 Å². The summed E-state index contributed by atoms with van der Waals surface area (Å²) in [7, 11) is 0. The van der Waals surface area contributed by atoms with Gasteiger partial charge in [-0.3, -0.25) is 4.79 Å². The maximum atomic E-state index is 12.9. The van der Waals surface area contributed by atoms with Crippen molar-refractivity contribution < 1.29 is 23.1 Å². The third-order valence-electron chi connectivity index (χ3n) is 5.83. The number of carboxylic acid groups (broad SMARTS) is 1. The summed E-state index contributed by atoms with van der Waals surface area (Å²) in [6.45, 7) is 15.4. The molecule has 8 heteroatoms. The molecule has 36 heavy (non-hydrogen) atoms. The van der Waals surface area contributed by atoms with Gasteiger partial charge in [0.15, 0.2) is 0 Å². The fourth-order valence-electron chi connectivity index (χ4n) is 3.67. The van der Waals surface area contributed by atoms with Crippen LogP contribution in [0, 0.1) is 12.3 Å². The molecular weight excluding hydrogens is 485 g/mol. The minimum atomic E-state index is -4.39. The van der Waals surface area contributed by atoms with Crippen LogP contribution in [0.1, 0.15) is 49.7 Å². The number of rotatable bonds is 12. The van der Waals surface area contributed by atoms with Crippen LogP contribution >= 0.6 is 11.3 Å². The highest BCUT2D eigenvalue weighted by molar-refractivity contribution is 7.15. The molecule has 1 heterocycles. The average molecular weight is 519 g/mol. The fourth-order valence-corrected chi connectivity index (χ4v) is 4.74. The molecule has 0 spiro atoms. The van der Waals surface area contributed by atoms with Crippen molar-refractivity contribution in [1.82, 2.24) is 9.88 Å². The Kier molecular flexibility index (Phi) is 9.87. The van der Waals surface area contributed by atoms with E-state index in [4.69, 9.17) is 0 Å². The Labute approximate surface area is 215 Å². The molecule has 2 rings (SSSR count). The van der Waals surface area contributed by atoms with Crippen LogP contribution < -0.4 is 0 Å². The van der Waals surface area contributed by atoms with Crippen molar-refractivity contribution in [2.24, 2.45) is 5.41 Å². The van der Waals surface area contributed by atoms with E-state index in [1.165, 1.54) is 23.5 Å². The zero-order valence-corrected chi connectivity index (χ0v) is 21.9. The Morgan fingerprint density at radius 1 is 1.22 bits per heavy atom. The van der Waals surface area contributed by atoms with Crippen molar-refractivity contribution in [3.8, 4) is 10.6 Å². The van der Waals surface area contributed by atoms with Crippen molar-refractivity contribution in [3.63, 3.8) is 0 Å². The molecule has 0 saturated heterocycles. The first kappa shape index (κ1) is 29.1. The Morgan fingerprint density at radius 2 is 1.86 bits per heavy atom. The van der Waals surface area contributed by atoms with Crippen molar-refractivity contribution in [1.29, 1.82) is 0 Å². The zero-order chi connectivity index (χ0) is 27.1. The number of allylic oxidation sites excluding steroid dienone is 3. The number of benzene rings is 1. The molecule has 194 valence electrons. The molecule has 1 atom stereocenters. The third kappa shape index (κ3) is 7.43. The smallest absolute Gasteiger partial charge is 0.416 e. The zero-order valence-electron chi connectivity index (χ0n) is 21.1. The van der Waals surface area contributed by atoms with Crippen LogP contribution in [-0.2, 0) is 17.5 Å². The molecule has 0 bridgehead atoms. The maximum Gasteiger partial charge on any atom is 0.416 e. The van der Waals surface area contributed by atoms with Crippen LogP contribution in [0.3, 0.4) is 0 Å². The van der Waals surface area contributed by atoms with Gasteiger partial charge >= 0.3 is 12.1 Å². The number of carbonyl (C=O) groups is 1. The van der Waals surface area contributed by atoms with E-state index in [0.29, 0.717) is 30.0 Å². The topological polar surface area (TPSA) is 53.4 Å². The molecule has 4 nitrogen and oxygen atoms in total. The molecule has 0 amide bonds. The molecule has 0 aliphatic heterocycles. The number of nitrogens with zero attached hydrogens (tertiary/aromatic N) is 2. The van der Waals surface area contributed by atoms with Crippen LogP contribution in [0.4, 0.5) is 13.2 Å². The van der Waals surface area contributed by atoms with Crippen molar-refractivity contribution in [3.05, 3.63) is 89.6 Å². The number of hydrogen-bond acceptors (Lipinski definition) is 4. The summed E-state index contributed by atoms with van der Waals surface area (Å²) in [5, 5.41) is 10.3. The maximum absolute atomic E-state index is 12.9. The second-order valence-corrected chi connectivity index (χ2v) is 10.2. The molecule has 0 aliphatic carbocycles. The molecule has 2 aromatic rings. The van der Waals surface area contributed by atoms with E-state index >= 15 is 0 Å². The summed E-state index contributed by atoms with van der Waals surface area (Å²) in [5.41, 5.74) is 0.679. The van der Waals surface area contributed by atoms with Crippen LogP contribution in [0.25, 0.3) is 10.6 Å². The van der Waals surface area contributed by atoms with Gasteiger partial charge in [-0.25, -0.2) is 4.98 Å². The van der Waals surface area contributed by atoms with E-state index < -0.39 is 23.1 Å². The number of hydrogen-bond donors (Lipinski definition) is 1. The Bertz CT molecular complexity index is 1130. The van der Waals surface area contributed by atoms with E-state index in [1.807, 2.05) is 32.2 Å². The molecule has 0 saturated carbocycles. The van der Waals surface area contributed by atoms with Gasteiger partial charge in [-0.2, -0.15) is 13.2 Å². The highest BCUT2D eigenvalue weighted by atomic mass is 32.1. The lowest BCUT2D eigenvalue weighted by atomic mass is 9.83. The van der Waals surface area contributed by atoms with Gasteiger partial charge in [-0.1, -0.05) is 36.4 Å². The van der Waals surface area contributed by atoms with Crippen molar-refractivity contribution in [2.75, 3.05) is 0 Å². The number of carboxylic acids is 1. The van der Waals surface area contributed by atoms with Crippen LogP contribution in [0.15, 0.2) is 73.5 Å².